The Morgan fingerprint density at radius 3 is 2.66 bits per heavy atom. The number of rotatable bonds is 4. The fraction of sp³-hybridized carbons (Fsp3) is 0.273. The van der Waals surface area contributed by atoms with E-state index >= 15 is 0 Å². The number of amides is 1. The van der Waals surface area contributed by atoms with E-state index in [0.29, 0.717) is 23.7 Å². The predicted octanol–water partition coefficient (Wildman–Crippen LogP) is 6.51. The molecule has 29 heavy (non-hydrogen) atoms. The second kappa shape index (κ2) is 7.55. The largest absolute Gasteiger partial charge is 0.495 e. The van der Waals surface area contributed by atoms with Crippen molar-refractivity contribution in [1.29, 1.82) is 0 Å². The van der Waals surface area contributed by atoms with Gasteiger partial charge in [0.2, 0.25) is 0 Å². The van der Waals surface area contributed by atoms with E-state index in [1.807, 2.05) is 48.2 Å². The van der Waals surface area contributed by atoms with Crippen molar-refractivity contribution >= 4 is 44.5 Å². The van der Waals surface area contributed by atoms with Crippen molar-refractivity contribution < 1.29 is 14.3 Å². The highest BCUT2D eigenvalue weighted by atomic mass is 32.9. The third-order valence-electron chi connectivity index (χ3n) is 5.05. The van der Waals surface area contributed by atoms with Gasteiger partial charge in [0, 0.05) is 16.7 Å². The molecule has 0 saturated heterocycles. The summed E-state index contributed by atoms with van der Waals surface area (Å²) in [4.78, 5) is 16.8. The number of fused-ring (bicyclic) bond motifs is 3. The van der Waals surface area contributed by atoms with E-state index in [1.165, 1.54) is 0 Å². The molecule has 0 atom stereocenters. The Bertz CT molecular complexity index is 1150. The lowest BCUT2D eigenvalue weighted by Gasteiger charge is -2.43. The Labute approximate surface area is 182 Å². The summed E-state index contributed by atoms with van der Waals surface area (Å²) in [5.41, 5.74) is 2.74. The summed E-state index contributed by atoms with van der Waals surface area (Å²) < 4.78 is 12.1. The predicted molar refractivity (Wildman–Crippen MR) is 122 cm³/mol. The van der Waals surface area contributed by atoms with Gasteiger partial charge in [-0.05, 0) is 45.0 Å². The Hall–Kier alpha value is -2.22. The molecule has 1 aliphatic heterocycles. The molecule has 0 spiro atoms. The van der Waals surface area contributed by atoms with Gasteiger partial charge in [0.1, 0.15) is 15.3 Å². The fourth-order valence-corrected chi connectivity index (χ4v) is 7.05. The molecular formula is C22H21NO3S3. The molecule has 1 aliphatic rings. The molecule has 0 unspecified atom stereocenters. The molecule has 0 bridgehead atoms. The Morgan fingerprint density at radius 1 is 1.17 bits per heavy atom. The molecule has 2 heterocycles. The van der Waals surface area contributed by atoms with Crippen LogP contribution in [0.2, 0.25) is 0 Å². The van der Waals surface area contributed by atoms with Crippen molar-refractivity contribution in [2.45, 2.75) is 26.3 Å². The highest BCUT2D eigenvalue weighted by Gasteiger charge is 2.44. The Kier molecular flexibility index (Phi) is 5.23. The van der Waals surface area contributed by atoms with Gasteiger partial charge in [-0.2, -0.15) is 0 Å². The Balaban J connectivity index is 1.95. The molecule has 7 heteroatoms. The summed E-state index contributed by atoms with van der Waals surface area (Å²) in [6.07, 6.45) is 0. The maximum atomic E-state index is 13.8. The van der Waals surface area contributed by atoms with Crippen LogP contribution >= 0.6 is 32.9 Å². The normalized spacial score (nSPS) is 14.1. The highest BCUT2D eigenvalue weighted by Crippen LogP contribution is 2.55. The van der Waals surface area contributed by atoms with Crippen molar-refractivity contribution in [3.8, 4) is 22.6 Å². The maximum Gasteiger partial charge on any atom is 0.259 e. The summed E-state index contributed by atoms with van der Waals surface area (Å²) in [7, 11) is 4.84. The maximum absolute atomic E-state index is 13.8. The molecule has 0 fully saturated rings. The summed E-state index contributed by atoms with van der Waals surface area (Å²) in [6.45, 7) is 6.59. The molecule has 2 aromatic carbocycles. The van der Waals surface area contributed by atoms with Crippen LogP contribution < -0.4 is 14.4 Å². The number of carbonyl (C=O) groups is 1. The third-order valence-corrected chi connectivity index (χ3v) is 8.38. The van der Waals surface area contributed by atoms with Crippen LogP contribution in [-0.4, -0.2) is 19.6 Å². The van der Waals surface area contributed by atoms with E-state index in [0.717, 1.165) is 25.5 Å². The summed E-state index contributed by atoms with van der Waals surface area (Å²) in [6, 6.07) is 13.2. The molecule has 1 aromatic heterocycles. The van der Waals surface area contributed by atoms with E-state index in [2.05, 4.69) is 13.8 Å². The van der Waals surface area contributed by atoms with Crippen molar-refractivity contribution in [3.05, 3.63) is 56.7 Å². The number of para-hydroxylation sites is 1. The van der Waals surface area contributed by atoms with Crippen LogP contribution in [0.25, 0.3) is 11.1 Å². The smallest absolute Gasteiger partial charge is 0.259 e. The van der Waals surface area contributed by atoms with Crippen molar-refractivity contribution in [3.63, 3.8) is 0 Å². The molecule has 0 radical (unpaired) electrons. The molecule has 1 amide bonds. The third kappa shape index (κ3) is 3.17. The first-order chi connectivity index (χ1) is 13.9. The van der Waals surface area contributed by atoms with Gasteiger partial charge in [-0.1, -0.05) is 51.1 Å². The number of benzene rings is 2. The minimum absolute atomic E-state index is 0.0997. The molecule has 4 nitrogen and oxygen atoms in total. The number of nitrogens with zero attached hydrogens (tertiary/aromatic N) is 1. The van der Waals surface area contributed by atoms with Gasteiger partial charge in [-0.3, -0.25) is 9.69 Å². The van der Waals surface area contributed by atoms with Gasteiger partial charge in [-0.25, -0.2) is 0 Å². The minimum atomic E-state index is -0.576. The molecule has 0 N–H and O–H groups in total. The second-order valence-corrected chi connectivity index (χ2v) is 9.99. The summed E-state index contributed by atoms with van der Waals surface area (Å²) in [5.74, 6) is 1.23. The van der Waals surface area contributed by atoms with E-state index in [1.54, 1.807) is 33.9 Å². The van der Waals surface area contributed by atoms with E-state index in [4.69, 9.17) is 21.7 Å². The van der Waals surface area contributed by atoms with Gasteiger partial charge >= 0.3 is 0 Å². The van der Waals surface area contributed by atoms with Crippen molar-refractivity contribution in [2.24, 2.45) is 0 Å². The number of ether oxygens (including phenoxy) is 2. The number of hydrogen-bond donors (Lipinski definition) is 0. The zero-order valence-corrected chi connectivity index (χ0v) is 19.1. The number of hydrogen-bond acceptors (Lipinski definition) is 6. The highest BCUT2D eigenvalue weighted by molar-refractivity contribution is 7.80. The van der Waals surface area contributed by atoms with E-state index < -0.39 is 5.54 Å². The molecular weight excluding hydrogens is 422 g/mol. The lowest BCUT2D eigenvalue weighted by Crippen LogP contribution is -2.48. The van der Waals surface area contributed by atoms with Crippen LogP contribution in [0.1, 0.15) is 36.0 Å². The molecule has 4 rings (SSSR count). The van der Waals surface area contributed by atoms with Crippen LogP contribution in [0, 0.1) is 3.82 Å². The van der Waals surface area contributed by atoms with Gasteiger partial charge < -0.3 is 9.47 Å². The summed E-state index contributed by atoms with van der Waals surface area (Å²) in [5, 5.41) is 0. The molecule has 0 saturated carbocycles. The number of anilines is 1. The van der Waals surface area contributed by atoms with Gasteiger partial charge in [0.05, 0.1) is 29.8 Å². The first-order valence-electron chi connectivity index (χ1n) is 9.28. The van der Waals surface area contributed by atoms with Crippen LogP contribution in [0.3, 0.4) is 0 Å². The number of carbonyl (C=O) groups excluding carboxylic acids is 1. The molecule has 0 aliphatic carbocycles. The first kappa shape index (κ1) is 20.1. The standard InChI is InChI=1S/C22H21NO3S3/c1-5-26-14-9-6-8-13(12-14)20(24)23-18-15(10-7-11-16(18)25-4)17-19(22(23,2)3)28-29-21(17)27/h6-12H,5H2,1-4H3. The zero-order chi connectivity index (χ0) is 20.8. The average Bonchev–Trinajstić information content (AvgIpc) is 3.11. The SMILES string of the molecule is CCOc1cccc(C(=O)N2c3c(OC)cccc3-c3c(ssc3=S)C2(C)C)c1. The minimum Gasteiger partial charge on any atom is -0.495 e. The van der Waals surface area contributed by atoms with Gasteiger partial charge in [-0.15, -0.1) is 0 Å². The topological polar surface area (TPSA) is 38.8 Å². The average molecular weight is 444 g/mol. The summed E-state index contributed by atoms with van der Waals surface area (Å²) >= 11 is 5.64. The lowest BCUT2D eigenvalue weighted by molar-refractivity contribution is 0.0960. The van der Waals surface area contributed by atoms with Crippen LogP contribution in [0.15, 0.2) is 42.5 Å². The van der Waals surface area contributed by atoms with Crippen LogP contribution in [0.5, 0.6) is 11.5 Å². The van der Waals surface area contributed by atoms with Gasteiger partial charge in [0.25, 0.3) is 5.91 Å². The van der Waals surface area contributed by atoms with Gasteiger partial charge in [0.15, 0.2) is 0 Å². The van der Waals surface area contributed by atoms with Crippen molar-refractivity contribution in [2.75, 3.05) is 18.6 Å². The quantitative estimate of drug-likeness (QED) is 0.340. The molecule has 3 aromatic rings. The fourth-order valence-electron chi connectivity index (χ4n) is 3.77. The number of methoxy groups -OCH3 is 1. The van der Waals surface area contributed by atoms with Crippen LogP contribution in [-0.2, 0) is 5.54 Å². The lowest BCUT2D eigenvalue weighted by atomic mass is 9.86. The van der Waals surface area contributed by atoms with E-state index in [-0.39, 0.29) is 5.91 Å². The second-order valence-electron chi connectivity index (χ2n) is 7.18. The molecule has 150 valence electrons. The first-order valence-corrected chi connectivity index (χ1v) is 11.8. The monoisotopic (exact) mass is 443 g/mol. The zero-order valence-electron chi connectivity index (χ0n) is 16.6. The van der Waals surface area contributed by atoms with E-state index in [9.17, 15) is 4.79 Å². The van der Waals surface area contributed by atoms with Crippen LogP contribution in [0.4, 0.5) is 5.69 Å². The van der Waals surface area contributed by atoms with Crippen molar-refractivity contribution in [1.82, 2.24) is 0 Å². The Morgan fingerprint density at radius 2 is 1.93 bits per heavy atom.